The molecule has 1 aromatic rings. The van der Waals surface area contributed by atoms with Crippen molar-refractivity contribution in [1.29, 1.82) is 0 Å². The molecule has 1 aliphatic rings. The number of ether oxygens (including phenoxy) is 1. The second kappa shape index (κ2) is 5.12. The van der Waals surface area contributed by atoms with E-state index >= 15 is 0 Å². The number of carbonyl (C=O) groups is 1. The third kappa shape index (κ3) is 2.61. The molecule has 0 saturated carbocycles. The van der Waals surface area contributed by atoms with Crippen molar-refractivity contribution in [3.63, 3.8) is 0 Å². The second-order valence-corrected chi connectivity index (χ2v) is 4.32. The molecule has 16 heavy (non-hydrogen) atoms. The van der Waals surface area contributed by atoms with Gasteiger partial charge in [-0.1, -0.05) is 12.1 Å². The monoisotopic (exact) mass is 220 g/mol. The van der Waals surface area contributed by atoms with Crippen molar-refractivity contribution in [3.8, 4) is 0 Å². The van der Waals surface area contributed by atoms with Gasteiger partial charge in [0, 0.05) is 18.4 Å². The molecule has 1 aliphatic heterocycles. The molecule has 0 bridgehead atoms. The van der Waals surface area contributed by atoms with E-state index in [-0.39, 0.29) is 5.97 Å². The van der Waals surface area contributed by atoms with Gasteiger partial charge in [-0.15, -0.1) is 0 Å². The SMILES string of the molecule is COC(=O)c1ccc(C[NH+]2CCCC2)cc1. The van der Waals surface area contributed by atoms with Crippen LogP contribution in [0.5, 0.6) is 0 Å². The molecular weight excluding hydrogens is 202 g/mol. The number of hydrogen-bond acceptors (Lipinski definition) is 2. The number of esters is 1. The summed E-state index contributed by atoms with van der Waals surface area (Å²) in [5.74, 6) is -0.264. The van der Waals surface area contributed by atoms with Crippen molar-refractivity contribution >= 4 is 5.97 Å². The summed E-state index contributed by atoms with van der Waals surface area (Å²) in [6.07, 6.45) is 2.69. The molecule has 0 amide bonds. The van der Waals surface area contributed by atoms with Gasteiger partial charge < -0.3 is 9.64 Å². The van der Waals surface area contributed by atoms with Crippen molar-refractivity contribution in [2.45, 2.75) is 19.4 Å². The van der Waals surface area contributed by atoms with Crippen LogP contribution in [0.1, 0.15) is 28.8 Å². The van der Waals surface area contributed by atoms with Gasteiger partial charge in [0.05, 0.1) is 25.8 Å². The van der Waals surface area contributed by atoms with Crippen LogP contribution in [-0.4, -0.2) is 26.2 Å². The Kier molecular flexibility index (Phi) is 3.57. The van der Waals surface area contributed by atoms with E-state index in [0.717, 1.165) is 6.54 Å². The third-order valence-corrected chi connectivity index (χ3v) is 3.14. The van der Waals surface area contributed by atoms with Crippen molar-refractivity contribution in [2.24, 2.45) is 0 Å². The predicted molar refractivity (Wildman–Crippen MR) is 61.4 cm³/mol. The topological polar surface area (TPSA) is 30.7 Å². The minimum atomic E-state index is -0.264. The smallest absolute Gasteiger partial charge is 0.337 e. The van der Waals surface area contributed by atoms with Gasteiger partial charge >= 0.3 is 5.97 Å². The normalized spacial score (nSPS) is 16.3. The zero-order valence-electron chi connectivity index (χ0n) is 9.66. The Bertz CT molecular complexity index is 353. The summed E-state index contributed by atoms with van der Waals surface area (Å²) in [5, 5.41) is 0. The van der Waals surface area contributed by atoms with Crippen molar-refractivity contribution in [2.75, 3.05) is 20.2 Å². The van der Waals surface area contributed by atoms with Crippen LogP contribution in [0, 0.1) is 0 Å². The minimum Gasteiger partial charge on any atom is -0.465 e. The van der Waals surface area contributed by atoms with Crippen molar-refractivity contribution < 1.29 is 14.4 Å². The largest absolute Gasteiger partial charge is 0.465 e. The molecule has 86 valence electrons. The van der Waals surface area contributed by atoms with E-state index in [2.05, 4.69) is 4.74 Å². The molecule has 1 N–H and O–H groups in total. The van der Waals surface area contributed by atoms with Crippen LogP contribution in [0.25, 0.3) is 0 Å². The van der Waals surface area contributed by atoms with Crippen LogP contribution < -0.4 is 4.90 Å². The molecule has 3 nitrogen and oxygen atoms in total. The fourth-order valence-electron chi connectivity index (χ4n) is 2.22. The molecule has 0 aromatic heterocycles. The lowest BCUT2D eigenvalue weighted by atomic mass is 10.1. The number of likely N-dealkylation sites (tertiary alicyclic amines) is 1. The summed E-state index contributed by atoms with van der Waals surface area (Å²) < 4.78 is 4.67. The number of benzene rings is 1. The zero-order chi connectivity index (χ0) is 11.4. The maximum absolute atomic E-state index is 11.2. The third-order valence-electron chi connectivity index (χ3n) is 3.14. The lowest BCUT2D eigenvalue weighted by Gasteiger charge is -2.11. The Hall–Kier alpha value is -1.35. The number of rotatable bonds is 3. The van der Waals surface area contributed by atoms with Crippen LogP contribution in [0.3, 0.4) is 0 Å². The molecule has 1 fully saturated rings. The van der Waals surface area contributed by atoms with Crippen LogP contribution in [-0.2, 0) is 11.3 Å². The number of carbonyl (C=O) groups excluding carboxylic acids is 1. The van der Waals surface area contributed by atoms with Gasteiger partial charge in [-0.05, 0) is 12.1 Å². The minimum absolute atomic E-state index is 0.264. The number of hydrogen-bond donors (Lipinski definition) is 1. The van der Waals surface area contributed by atoms with E-state index in [4.69, 9.17) is 0 Å². The molecule has 1 heterocycles. The van der Waals surface area contributed by atoms with Crippen LogP contribution in [0.2, 0.25) is 0 Å². The van der Waals surface area contributed by atoms with Gasteiger partial charge in [-0.25, -0.2) is 4.79 Å². The quantitative estimate of drug-likeness (QED) is 0.758. The standard InChI is InChI=1S/C13H17NO2/c1-16-13(15)12-6-4-11(5-7-12)10-14-8-2-3-9-14/h4-7H,2-3,8-10H2,1H3/p+1. The first-order valence-electron chi connectivity index (χ1n) is 5.80. The molecule has 0 aliphatic carbocycles. The average molecular weight is 220 g/mol. The van der Waals surface area contributed by atoms with Gasteiger partial charge in [0.2, 0.25) is 0 Å². The van der Waals surface area contributed by atoms with E-state index in [0.29, 0.717) is 5.56 Å². The van der Waals surface area contributed by atoms with Crippen LogP contribution in [0.4, 0.5) is 0 Å². The van der Waals surface area contributed by atoms with Crippen LogP contribution in [0.15, 0.2) is 24.3 Å². The molecule has 0 spiro atoms. The highest BCUT2D eigenvalue weighted by atomic mass is 16.5. The molecule has 0 radical (unpaired) electrons. The van der Waals surface area contributed by atoms with Gasteiger partial charge in [-0.3, -0.25) is 0 Å². The Labute approximate surface area is 96.0 Å². The summed E-state index contributed by atoms with van der Waals surface area (Å²) in [5.41, 5.74) is 1.92. The number of quaternary nitrogens is 1. The lowest BCUT2D eigenvalue weighted by molar-refractivity contribution is -0.901. The van der Waals surface area contributed by atoms with Gasteiger partial charge in [0.25, 0.3) is 0 Å². The molecule has 1 aromatic carbocycles. The van der Waals surface area contributed by atoms with Gasteiger partial charge in [0.15, 0.2) is 0 Å². The van der Waals surface area contributed by atoms with E-state index in [1.165, 1.54) is 38.6 Å². The van der Waals surface area contributed by atoms with Crippen molar-refractivity contribution in [3.05, 3.63) is 35.4 Å². The summed E-state index contributed by atoms with van der Waals surface area (Å²) in [6.45, 7) is 3.62. The summed E-state index contributed by atoms with van der Waals surface area (Å²) >= 11 is 0. The Balaban J connectivity index is 1.98. The van der Waals surface area contributed by atoms with E-state index < -0.39 is 0 Å². The molecule has 0 unspecified atom stereocenters. The molecule has 0 atom stereocenters. The molecule has 1 saturated heterocycles. The summed E-state index contributed by atoms with van der Waals surface area (Å²) in [6, 6.07) is 7.74. The number of nitrogens with one attached hydrogen (secondary N) is 1. The van der Waals surface area contributed by atoms with Gasteiger partial charge in [0.1, 0.15) is 6.54 Å². The molecule has 2 rings (SSSR count). The Morgan fingerprint density at radius 2 is 1.88 bits per heavy atom. The van der Waals surface area contributed by atoms with E-state index in [9.17, 15) is 4.79 Å². The van der Waals surface area contributed by atoms with Crippen molar-refractivity contribution in [1.82, 2.24) is 0 Å². The fourth-order valence-corrected chi connectivity index (χ4v) is 2.22. The fraction of sp³-hybridized carbons (Fsp3) is 0.462. The first-order chi connectivity index (χ1) is 7.79. The summed E-state index contributed by atoms with van der Waals surface area (Å²) in [4.78, 5) is 12.9. The first kappa shape index (κ1) is 11.1. The maximum Gasteiger partial charge on any atom is 0.337 e. The second-order valence-electron chi connectivity index (χ2n) is 4.32. The maximum atomic E-state index is 11.2. The lowest BCUT2D eigenvalue weighted by Crippen LogP contribution is -3.08. The predicted octanol–water partition coefficient (Wildman–Crippen LogP) is 0.652. The number of methoxy groups -OCH3 is 1. The van der Waals surface area contributed by atoms with E-state index in [1.54, 1.807) is 4.90 Å². The van der Waals surface area contributed by atoms with Gasteiger partial charge in [-0.2, -0.15) is 0 Å². The highest BCUT2D eigenvalue weighted by Crippen LogP contribution is 2.05. The Morgan fingerprint density at radius 1 is 1.25 bits per heavy atom. The highest BCUT2D eigenvalue weighted by Gasteiger charge is 2.15. The average Bonchev–Trinajstić information content (AvgIpc) is 2.82. The Morgan fingerprint density at radius 3 is 2.44 bits per heavy atom. The van der Waals surface area contributed by atoms with Crippen LogP contribution >= 0.6 is 0 Å². The molecule has 3 heteroatoms. The first-order valence-corrected chi connectivity index (χ1v) is 5.80. The zero-order valence-corrected chi connectivity index (χ0v) is 9.66. The molecular formula is C13H18NO2+. The van der Waals surface area contributed by atoms with E-state index in [1.807, 2.05) is 24.3 Å². The summed E-state index contributed by atoms with van der Waals surface area (Å²) in [7, 11) is 1.41. The highest BCUT2D eigenvalue weighted by molar-refractivity contribution is 5.89.